The first-order chi connectivity index (χ1) is 38.4. The molecule has 0 fully saturated rings. The molecular formula is C77H86BN3O. The molecule has 0 N–H and O–H groups in total. The minimum Gasteiger partial charge on any atom is -0.456 e. The summed E-state index contributed by atoms with van der Waals surface area (Å²) in [5.41, 5.74) is 27.6. The Labute approximate surface area is 491 Å². The van der Waals surface area contributed by atoms with Crippen LogP contribution in [0, 0.1) is 6.92 Å². The Balaban J connectivity index is 1.16. The van der Waals surface area contributed by atoms with Crippen LogP contribution in [0.5, 0.6) is 0 Å². The van der Waals surface area contributed by atoms with E-state index >= 15 is 0 Å². The van der Waals surface area contributed by atoms with Crippen LogP contribution in [0.3, 0.4) is 0 Å². The van der Waals surface area contributed by atoms with E-state index in [1.807, 2.05) is 0 Å². The highest BCUT2D eigenvalue weighted by molar-refractivity contribution is 6.94. The van der Waals surface area contributed by atoms with Gasteiger partial charge in [0.05, 0.1) is 11.1 Å². The molecule has 2 aliphatic heterocycles. The SMILES string of the molecule is Cc1cc2c(cc1N1c3cc(C(C)(C)C)cc4c3B(c3ccc5oc6ccccc6c5c31)N(c1ccc3c(c1)C(C)(C)CCC3(C)C)c1cc(N(c3ccc(C(C)(C)C)cc3)c3ccc(C(C)(C)C)cc3)ccc1-4)C(C)(C)CCC2(C)C. The van der Waals surface area contributed by atoms with Crippen molar-refractivity contribution >= 4 is 85.2 Å². The highest BCUT2D eigenvalue weighted by Gasteiger charge is 2.49. The quantitative estimate of drug-likeness (QED) is 0.160. The molecule has 2 aliphatic carbocycles. The van der Waals surface area contributed by atoms with Crippen LogP contribution in [-0.2, 0) is 37.9 Å². The van der Waals surface area contributed by atoms with Gasteiger partial charge < -0.3 is 19.0 Å². The lowest BCUT2D eigenvalue weighted by Crippen LogP contribution is -2.61. The van der Waals surface area contributed by atoms with Crippen molar-refractivity contribution in [2.24, 2.45) is 0 Å². The Kier molecular flexibility index (Phi) is 11.9. The number of hydrogen-bond acceptors (Lipinski definition) is 4. The van der Waals surface area contributed by atoms with Crippen LogP contribution < -0.4 is 25.5 Å². The molecule has 82 heavy (non-hydrogen) atoms. The van der Waals surface area contributed by atoms with Gasteiger partial charge in [0.25, 0.3) is 0 Å². The third-order valence-corrected chi connectivity index (χ3v) is 20.2. The first kappa shape index (κ1) is 54.3. The first-order valence-corrected chi connectivity index (χ1v) is 30.6. The first-order valence-electron chi connectivity index (χ1n) is 30.6. The zero-order chi connectivity index (χ0) is 58.2. The number of benzene rings is 8. The molecule has 0 saturated carbocycles. The maximum atomic E-state index is 6.96. The molecule has 5 heteroatoms. The van der Waals surface area contributed by atoms with E-state index in [-0.39, 0.29) is 44.8 Å². The predicted molar refractivity (Wildman–Crippen MR) is 354 cm³/mol. The van der Waals surface area contributed by atoms with Gasteiger partial charge in [0.1, 0.15) is 11.2 Å². The molecule has 4 nitrogen and oxygen atoms in total. The summed E-state index contributed by atoms with van der Waals surface area (Å²) in [7, 11) is 0. The molecule has 0 amide bonds. The van der Waals surface area contributed by atoms with Gasteiger partial charge in [0, 0.05) is 50.8 Å². The number of aryl methyl sites for hydroxylation is 1. The molecule has 0 bridgehead atoms. The zero-order valence-electron chi connectivity index (χ0n) is 52.5. The van der Waals surface area contributed by atoms with E-state index in [4.69, 9.17) is 4.42 Å². The van der Waals surface area contributed by atoms with Crippen LogP contribution in [-0.4, -0.2) is 6.85 Å². The van der Waals surface area contributed by atoms with Crippen molar-refractivity contribution in [3.63, 3.8) is 0 Å². The Morgan fingerprint density at radius 3 is 1.57 bits per heavy atom. The number of fused-ring (bicyclic) bond motifs is 10. The summed E-state index contributed by atoms with van der Waals surface area (Å²) in [6, 6.07) is 57.3. The van der Waals surface area contributed by atoms with E-state index in [1.165, 1.54) is 101 Å². The summed E-state index contributed by atoms with van der Waals surface area (Å²) in [6.45, 7) is 42.8. The number of para-hydroxylation sites is 1. The lowest BCUT2D eigenvalue weighted by atomic mass is 9.43. The van der Waals surface area contributed by atoms with Crippen LogP contribution in [0.25, 0.3) is 33.1 Å². The van der Waals surface area contributed by atoms with E-state index in [9.17, 15) is 0 Å². The molecule has 418 valence electrons. The van der Waals surface area contributed by atoms with Crippen molar-refractivity contribution in [1.29, 1.82) is 0 Å². The van der Waals surface area contributed by atoms with Gasteiger partial charge in [0.15, 0.2) is 0 Å². The van der Waals surface area contributed by atoms with Crippen molar-refractivity contribution in [3.8, 4) is 11.1 Å². The van der Waals surface area contributed by atoms with Gasteiger partial charge in [-0.15, -0.1) is 0 Å². The van der Waals surface area contributed by atoms with Crippen molar-refractivity contribution < 1.29 is 4.42 Å². The number of furan rings is 1. The number of hydrogen-bond donors (Lipinski definition) is 0. The van der Waals surface area contributed by atoms with E-state index in [0.717, 1.165) is 58.3 Å². The molecule has 1 aromatic heterocycles. The van der Waals surface area contributed by atoms with E-state index in [0.29, 0.717) is 0 Å². The van der Waals surface area contributed by atoms with E-state index < -0.39 is 0 Å². The van der Waals surface area contributed by atoms with Gasteiger partial charge in [-0.3, -0.25) is 0 Å². The summed E-state index contributed by atoms with van der Waals surface area (Å²) >= 11 is 0. The second-order valence-corrected chi connectivity index (χ2v) is 30.9. The van der Waals surface area contributed by atoms with Crippen molar-refractivity contribution in [1.82, 2.24) is 0 Å². The second kappa shape index (κ2) is 18.0. The van der Waals surface area contributed by atoms with Crippen molar-refractivity contribution in [3.05, 3.63) is 190 Å². The van der Waals surface area contributed by atoms with E-state index in [1.54, 1.807) is 0 Å². The molecule has 0 spiro atoms. The Hall–Kier alpha value is -6.98. The Morgan fingerprint density at radius 2 is 0.988 bits per heavy atom. The summed E-state index contributed by atoms with van der Waals surface area (Å²) in [5, 5.41) is 2.30. The third kappa shape index (κ3) is 8.51. The lowest BCUT2D eigenvalue weighted by molar-refractivity contribution is 0.332. The van der Waals surface area contributed by atoms with Gasteiger partial charge in [-0.1, -0.05) is 190 Å². The Bertz CT molecular complexity index is 4010. The average Bonchev–Trinajstić information content (AvgIpc) is 1.11. The standard InChI is InChI=1S/C77H86BN3O/c1-47-41-59-61(77(17,18)40-39-75(59,13)14)46-63(47)80-65-43-50(73(8,9)10)42-57-55-33-31-53(79(51-27-23-48(24-28-51)71(2,3)4)52-29-25-49(26-30-52)72(5,6)7)45-64(55)81(54-32-34-58-60(44-54)76(15,16)38-37-74(58,11)12)78(69(57)65)62-35-36-67-68(70(62)80)56-21-19-20-22-66(56)82-67/h19-36,41-46H,37-40H2,1-18H3. The third-order valence-electron chi connectivity index (χ3n) is 20.2. The molecule has 13 rings (SSSR count). The molecule has 3 heterocycles. The molecular weight excluding hydrogens is 994 g/mol. The predicted octanol–water partition coefficient (Wildman–Crippen LogP) is 20.7. The molecule has 8 aromatic carbocycles. The molecule has 0 saturated heterocycles. The van der Waals surface area contributed by atoms with Gasteiger partial charge in [-0.2, -0.15) is 0 Å². The zero-order valence-corrected chi connectivity index (χ0v) is 52.5. The summed E-state index contributed by atoms with van der Waals surface area (Å²) in [5.74, 6) is 0. The molecule has 4 aliphatic rings. The molecule has 0 unspecified atom stereocenters. The van der Waals surface area contributed by atoms with Crippen LogP contribution in [0.15, 0.2) is 150 Å². The largest absolute Gasteiger partial charge is 0.456 e. The number of rotatable bonds is 5. The maximum Gasteiger partial charge on any atom is 0.333 e. The van der Waals surface area contributed by atoms with Crippen LogP contribution in [0.1, 0.15) is 188 Å². The van der Waals surface area contributed by atoms with Gasteiger partial charge in [-0.25, -0.2) is 0 Å². The average molecular weight is 1080 g/mol. The fraction of sp³-hybridized carbons (Fsp3) is 0.377. The monoisotopic (exact) mass is 1080 g/mol. The minimum atomic E-state index is -0.206. The summed E-state index contributed by atoms with van der Waals surface area (Å²) < 4.78 is 6.96. The normalized spacial score (nSPS) is 17.5. The molecule has 9 aromatic rings. The summed E-state index contributed by atoms with van der Waals surface area (Å²) in [6.07, 6.45) is 4.61. The fourth-order valence-electron chi connectivity index (χ4n) is 14.7. The molecule has 0 atom stereocenters. The van der Waals surface area contributed by atoms with Crippen LogP contribution >= 0.6 is 0 Å². The van der Waals surface area contributed by atoms with Crippen LogP contribution in [0.2, 0.25) is 0 Å². The lowest BCUT2D eigenvalue weighted by Gasteiger charge is -2.48. The highest BCUT2D eigenvalue weighted by atomic mass is 16.3. The maximum absolute atomic E-state index is 6.96. The minimum absolute atomic E-state index is 0.00327. The number of anilines is 8. The van der Waals surface area contributed by atoms with Gasteiger partial charge in [-0.05, 0) is 204 Å². The Morgan fingerprint density at radius 1 is 0.451 bits per heavy atom. The van der Waals surface area contributed by atoms with E-state index in [2.05, 4.69) is 285 Å². The van der Waals surface area contributed by atoms with Crippen LogP contribution in [0.4, 0.5) is 45.5 Å². The molecule has 0 radical (unpaired) electrons. The number of nitrogens with zero attached hydrogens (tertiary/aromatic N) is 3. The van der Waals surface area contributed by atoms with Crippen molar-refractivity contribution in [2.75, 3.05) is 14.6 Å². The fourth-order valence-corrected chi connectivity index (χ4v) is 14.7. The smallest absolute Gasteiger partial charge is 0.333 e. The van der Waals surface area contributed by atoms with Gasteiger partial charge in [0.2, 0.25) is 0 Å². The topological polar surface area (TPSA) is 22.9 Å². The highest BCUT2D eigenvalue weighted by Crippen LogP contribution is 2.56. The van der Waals surface area contributed by atoms with Gasteiger partial charge >= 0.3 is 6.85 Å². The summed E-state index contributed by atoms with van der Waals surface area (Å²) in [4.78, 5) is 7.96. The van der Waals surface area contributed by atoms with Crippen molar-refractivity contribution in [2.45, 2.75) is 188 Å². The second-order valence-electron chi connectivity index (χ2n) is 30.9.